The summed E-state index contributed by atoms with van der Waals surface area (Å²) in [5.41, 5.74) is 0.925. The second kappa shape index (κ2) is 9.84. The van der Waals surface area contributed by atoms with Crippen LogP contribution < -0.4 is 15.4 Å². The van der Waals surface area contributed by atoms with Gasteiger partial charge in [-0.15, -0.1) is 0 Å². The molecular formula is C25H30FN5O2S. The van der Waals surface area contributed by atoms with Gasteiger partial charge in [0.25, 0.3) is 0 Å². The average Bonchev–Trinajstić information content (AvgIpc) is 3.66. The third kappa shape index (κ3) is 5.47. The number of anilines is 2. The van der Waals surface area contributed by atoms with Crippen LogP contribution in [0.4, 0.5) is 16.2 Å². The molecule has 0 unspecified atom stereocenters. The van der Waals surface area contributed by atoms with E-state index in [0.717, 1.165) is 55.0 Å². The zero-order chi connectivity index (χ0) is 23.5. The molecule has 0 aliphatic heterocycles. The molecule has 34 heavy (non-hydrogen) atoms. The maximum absolute atomic E-state index is 13.9. The summed E-state index contributed by atoms with van der Waals surface area (Å²) in [6, 6.07) is 14.0. The molecular weight excluding hydrogens is 453 g/mol. The number of halogens is 1. The fraction of sp³-hybridized carbons (Fsp3) is 0.440. The Morgan fingerprint density at radius 2 is 1.53 bits per heavy atom. The third-order valence-electron chi connectivity index (χ3n) is 6.72. The highest BCUT2D eigenvalue weighted by Crippen LogP contribution is 2.31. The van der Waals surface area contributed by atoms with E-state index in [-0.39, 0.29) is 10.8 Å². The molecule has 0 bridgehead atoms. The molecule has 9 heteroatoms. The molecule has 0 atom stereocenters. The Labute approximate surface area is 199 Å². The Morgan fingerprint density at radius 1 is 0.853 bits per heavy atom. The summed E-state index contributed by atoms with van der Waals surface area (Å²) in [6.07, 6.45) is 6.22. The van der Waals surface area contributed by atoms with E-state index in [9.17, 15) is 12.8 Å². The van der Waals surface area contributed by atoms with Gasteiger partial charge in [0.15, 0.2) is 0 Å². The van der Waals surface area contributed by atoms with Gasteiger partial charge in [-0.1, -0.05) is 24.3 Å². The highest BCUT2D eigenvalue weighted by molar-refractivity contribution is 7.89. The molecule has 0 amide bonds. The molecule has 1 aromatic heterocycles. The van der Waals surface area contributed by atoms with E-state index in [4.69, 9.17) is 4.98 Å². The van der Waals surface area contributed by atoms with E-state index >= 15 is 0 Å². The van der Waals surface area contributed by atoms with Crippen molar-refractivity contribution in [3.63, 3.8) is 0 Å². The highest BCUT2D eigenvalue weighted by atomic mass is 32.2. The van der Waals surface area contributed by atoms with Crippen molar-refractivity contribution in [1.29, 1.82) is 0 Å². The normalized spacial score (nSPS) is 20.9. The van der Waals surface area contributed by atoms with Crippen LogP contribution in [0.15, 0.2) is 53.4 Å². The zero-order valence-corrected chi connectivity index (χ0v) is 19.8. The number of rotatable bonds is 9. The Morgan fingerprint density at radius 3 is 2.26 bits per heavy atom. The van der Waals surface area contributed by atoms with Crippen molar-refractivity contribution in [3.8, 4) is 0 Å². The lowest BCUT2D eigenvalue weighted by Crippen LogP contribution is -2.32. The molecule has 3 N–H and O–H groups in total. The van der Waals surface area contributed by atoms with Gasteiger partial charge in [0.05, 0.1) is 5.52 Å². The van der Waals surface area contributed by atoms with E-state index in [1.54, 1.807) is 0 Å². The van der Waals surface area contributed by atoms with Crippen LogP contribution in [-0.4, -0.2) is 37.5 Å². The van der Waals surface area contributed by atoms with E-state index in [1.165, 1.54) is 31.0 Å². The lowest BCUT2D eigenvalue weighted by molar-refractivity contribution is 0.284. The van der Waals surface area contributed by atoms with Gasteiger partial charge in [0.1, 0.15) is 16.5 Å². The molecule has 2 aliphatic rings. The van der Waals surface area contributed by atoms with Crippen LogP contribution in [-0.2, 0) is 10.0 Å². The van der Waals surface area contributed by atoms with Crippen LogP contribution in [0, 0.1) is 17.7 Å². The van der Waals surface area contributed by atoms with Crippen LogP contribution in [0.2, 0.25) is 0 Å². The highest BCUT2D eigenvalue weighted by Gasteiger charge is 2.25. The molecule has 3 aromatic rings. The maximum atomic E-state index is 13.9. The second-order valence-corrected chi connectivity index (χ2v) is 11.1. The Bertz CT molecular complexity index is 1260. The van der Waals surface area contributed by atoms with E-state index < -0.39 is 15.8 Å². The molecule has 7 nitrogen and oxygen atoms in total. The second-order valence-electron chi connectivity index (χ2n) is 9.38. The molecule has 2 fully saturated rings. The largest absolute Gasteiger partial charge is 0.367 e. The number of nitrogens with one attached hydrogen (secondary N) is 3. The lowest BCUT2D eigenvalue weighted by atomic mass is 9.82. The quantitative estimate of drug-likeness (QED) is 0.414. The van der Waals surface area contributed by atoms with Crippen molar-refractivity contribution in [2.45, 2.75) is 49.5 Å². The summed E-state index contributed by atoms with van der Waals surface area (Å²) in [5, 5.41) is 7.98. The van der Waals surface area contributed by atoms with Gasteiger partial charge in [0.2, 0.25) is 16.0 Å². The van der Waals surface area contributed by atoms with Gasteiger partial charge >= 0.3 is 0 Å². The molecule has 180 valence electrons. The topological polar surface area (TPSA) is 96.0 Å². The Kier molecular flexibility index (Phi) is 6.65. The molecule has 0 saturated heterocycles. The van der Waals surface area contributed by atoms with Crippen molar-refractivity contribution < 1.29 is 12.8 Å². The minimum absolute atomic E-state index is 0.254. The van der Waals surface area contributed by atoms with Crippen molar-refractivity contribution in [2.24, 2.45) is 11.8 Å². The smallest absolute Gasteiger partial charge is 0.243 e. The van der Waals surface area contributed by atoms with Crippen LogP contribution in [0.5, 0.6) is 0 Å². The van der Waals surface area contributed by atoms with E-state index in [2.05, 4.69) is 20.3 Å². The first-order valence-corrected chi connectivity index (χ1v) is 13.5. The number of aromatic nitrogens is 2. The van der Waals surface area contributed by atoms with Crippen LogP contribution in [0.25, 0.3) is 10.9 Å². The Hall–Kier alpha value is -2.78. The van der Waals surface area contributed by atoms with Crippen molar-refractivity contribution >= 4 is 32.7 Å². The summed E-state index contributed by atoms with van der Waals surface area (Å²) in [4.78, 5) is 9.13. The minimum atomic E-state index is -3.84. The number of hydrogen-bond acceptors (Lipinski definition) is 6. The van der Waals surface area contributed by atoms with Gasteiger partial charge in [-0.25, -0.2) is 22.5 Å². The number of para-hydroxylation sites is 1. The molecule has 0 spiro atoms. The number of hydrogen-bond donors (Lipinski definition) is 3. The molecule has 1 heterocycles. The van der Waals surface area contributed by atoms with Gasteiger partial charge in [-0.2, -0.15) is 4.98 Å². The van der Waals surface area contributed by atoms with Gasteiger partial charge in [-0.3, -0.25) is 0 Å². The van der Waals surface area contributed by atoms with Crippen molar-refractivity contribution in [2.75, 3.05) is 23.7 Å². The third-order valence-corrected chi connectivity index (χ3v) is 8.18. The first-order chi connectivity index (χ1) is 16.5. The molecule has 5 rings (SSSR count). The van der Waals surface area contributed by atoms with E-state index in [1.807, 2.05) is 24.3 Å². The fourth-order valence-corrected chi connectivity index (χ4v) is 5.72. The molecule has 2 saturated carbocycles. The molecule has 2 aromatic carbocycles. The van der Waals surface area contributed by atoms with Crippen molar-refractivity contribution in [3.05, 3.63) is 54.3 Å². The zero-order valence-electron chi connectivity index (χ0n) is 19.0. The monoisotopic (exact) mass is 483 g/mol. The summed E-state index contributed by atoms with van der Waals surface area (Å²) in [7, 11) is -3.84. The number of benzene rings is 2. The van der Waals surface area contributed by atoms with Crippen LogP contribution in [0.1, 0.15) is 38.5 Å². The predicted octanol–water partition coefficient (Wildman–Crippen LogP) is 4.54. The van der Waals surface area contributed by atoms with Crippen LogP contribution >= 0.6 is 0 Å². The van der Waals surface area contributed by atoms with Gasteiger partial charge < -0.3 is 10.6 Å². The van der Waals surface area contributed by atoms with Crippen molar-refractivity contribution in [1.82, 2.24) is 14.7 Å². The van der Waals surface area contributed by atoms with Gasteiger partial charge in [0, 0.05) is 24.5 Å². The van der Waals surface area contributed by atoms with Gasteiger partial charge in [-0.05, 0) is 74.6 Å². The standard InChI is InChI=1S/C25H30FN5O2S/c26-21-6-2-4-8-23(21)34(32,33)28-16-18-11-9-17(10-12-18)15-27-25-30-22-7-3-1-5-20(22)24(31-25)29-19-13-14-19/h1-8,17-19,28H,9-16H2,(H2,27,29,30,31). The predicted molar refractivity (Wildman–Crippen MR) is 132 cm³/mol. The average molecular weight is 484 g/mol. The minimum Gasteiger partial charge on any atom is -0.367 e. The molecule has 2 aliphatic carbocycles. The maximum Gasteiger partial charge on any atom is 0.243 e. The summed E-state index contributed by atoms with van der Waals surface area (Å²) in [5.74, 6) is 1.54. The summed E-state index contributed by atoms with van der Waals surface area (Å²) < 4.78 is 41.3. The van der Waals surface area contributed by atoms with E-state index in [0.29, 0.717) is 24.5 Å². The molecule has 0 radical (unpaired) electrons. The number of fused-ring (bicyclic) bond motifs is 1. The van der Waals surface area contributed by atoms with Crippen LogP contribution in [0.3, 0.4) is 0 Å². The number of nitrogens with zero attached hydrogens (tertiary/aromatic N) is 2. The Balaban J connectivity index is 1.13. The number of sulfonamides is 1. The first kappa shape index (κ1) is 23.0. The fourth-order valence-electron chi connectivity index (χ4n) is 4.53. The summed E-state index contributed by atoms with van der Waals surface area (Å²) >= 11 is 0. The lowest BCUT2D eigenvalue weighted by Gasteiger charge is -2.28. The summed E-state index contributed by atoms with van der Waals surface area (Å²) in [6.45, 7) is 1.12. The SMILES string of the molecule is O=S(=O)(NCC1CCC(CNc2nc(NC3CC3)c3ccccc3n2)CC1)c1ccccc1F. The first-order valence-electron chi connectivity index (χ1n) is 12.0.